The fourth-order valence-corrected chi connectivity index (χ4v) is 2.45. The van der Waals surface area contributed by atoms with Crippen LogP contribution in [0.1, 0.15) is 16.7 Å². The molecule has 0 saturated heterocycles. The number of nitrogen functional groups attached to an aromatic ring is 3. The molecule has 0 atom stereocenters. The average molecular weight is 324 g/mol. The molecule has 0 unspecified atom stereocenters. The van der Waals surface area contributed by atoms with Gasteiger partial charge < -0.3 is 29.6 Å². The summed E-state index contributed by atoms with van der Waals surface area (Å²) in [6.07, 6.45) is 0. The van der Waals surface area contributed by atoms with Gasteiger partial charge in [0, 0.05) is 17.1 Å². The minimum Gasteiger partial charge on any atom is -1.00 e. The summed E-state index contributed by atoms with van der Waals surface area (Å²) in [4.78, 5) is 0. The van der Waals surface area contributed by atoms with Crippen molar-refractivity contribution in [1.29, 1.82) is 0 Å². The zero-order valence-electron chi connectivity index (χ0n) is 12.5. The van der Waals surface area contributed by atoms with Crippen LogP contribution in [0.3, 0.4) is 0 Å². The van der Waals surface area contributed by atoms with Crippen LogP contribution in [0.2, 0.25) is 0 Å². The summed E-state index contributed by atoms with van der Waals surface area (Å²) in [6, 6.07) is 23.6. The van der Waals surface area contributed by atoms with Gasteiger partial charge in [-0.15, -0.1) is 0 Å². The quantitative estimate of drug-likeness (QED) is 0.372. The number of hydrogen-bond acceptors (Lipinski definition) is 3. The highest BCUT2D eigenvalue weighted by Gasteiger charge is 2.22. The molecule has 4 heteroatoms. The first-order valence-electron chi connectivity index (χ1n) is 7.08. The van der Waals surface area contributed by atoms with Crippen molar-refractivity contribution >= 4 is 17.1 Å². The van der Waals surface area contributed by atoms with Crippen LogP contribution in [-0.4, -0.2) is 0 Å². The molecule has 0 aromatic heterocycles. The molecule has 0 radical (unpaired) electrons. The molecule has 23 heavy (non-hydrogen) atoms. The van der Waals surface area contributed by atoms with Crippen molar-refractivity contribution in [2.75, 3.05) is 17.2 Å². The summed E-state index contributed by atoms with van der Waals surface area (Å²) < 4.78 is 0. The zero-order valence-corrected chi connectivity index (χ0v) is 13.3. The Bertz CT molecular complexity index is 642. The van der Waals surface area contributed by atoms with E-state index in [1.807, 2.05) is 72.8 Å². The molecule has 0 aliphatic carbocycles. The van der Waals surface area contributed by atoms with Gasteiger partial charge >= 0.3 is 0 Å². The van der Waals surface area contributed by atoms with Gasteiger partial charge in [-0.05, 0) is 72.8 Å². The van der Waals surface area contributed by atoms with Gasteiger partial charge in [0.2, 0.25) is 0 Å². The van der Waals surface area contributed by atoms with Crippen molar-refractivity contribution in [2.45, 2.75) is 0 Å². The van der Waals surface area contributed by atoms with Crippen molar-refractivity contribution in [2.24, 2.45) is 0 Å². The molecule has 116 valence electrons. The van der Waals surface area contributed by atoms with Crippen LogP contribution in [0.15, 0.2) is 72.8 Å². The van der Waals surface area contributed by atoms with E-state index in [-0.39, 0.29) is 12.4 Å². The molecule has 0 spiro atoms. The minimum absolute atomic E-state index is 0. The van der Waals surface area contributed by atoms with Crippen LogP contribution in [0.4, 0.5) is 17.1 Å². The molecule has 0 bridgehead atoms. The summed E-state index contributed by atoms with van der Waals surface area (Å²) in [6.45, 7) is 0. The van der Waals surface area contributed by atoms with Gasteiger partial charge in [-0.2, -0.15) is 0 Å². The molecule has 0 amide bonds. The Kier molecular flexibility index (Phi) is 5.04. The molecule has 0 aliphatic rings. The van der Waals surface area contributed by atoms with Gasteiger partial charge in [0.05, 0.1) is 22.6 Å². The summed E-state index contributed by atoms with van der Waals surface area (Å²) in [5.74, 6) is 1.12. The number of benzene rings is 3. The first kappa shape index (κ1) is 16.6. The largest absolute Gasteiger partial charge is 1.00 e. The van der Waals surface area contributed by atoms with E-state index in [0.717, 1.165) is 39.7 Å². The second kappa shape index (κ2) is 6.99. The number of hydrogen-bond donors (Lipinski definition) is 3. The molecule has 3 aromatic carbocycles. The van der Waals surface area contributed by atoms with Crippen molar-refractivity contribution < 1.29 is 12.4 Å². The monoisotopic (exact) mass is 323 g/mol. The molecule has 0 heterocycles. The van der Waals surface area contributed by atoms with E-state index in [4.69, 9.17) is 17.2 Å². The lowest BCUT2D eigenvalue weighted by Gasteiger charge is -2.14. The zero-order chi connectivity index (χ0) is 15.5. The van der Waals surface area contributed by atoms with E-state index in [1.165, 1.54) is 0 Å². The van der Waals surface area contributed by atoms with E-state index >= 15 is 0 Å². The van der Waals surface area contributed by atoms with Crippen molar-refractivity contribution in [3.63, 3.8) is 0 Å². The molecular formula is C19H18ClN3. The van der Waals surface area contributed by atoms with E-state index in [9.17, 15) is 0 Å². The Labute approximate surface area is 142 Å². The van der Waals surface area contributed by atoms with E-state index in [2.05, 4.69) is 0 Å². The maximum absolute atomic E-state index is 5.80. The van der Waals surface area contributed by atoms with Gasteiger partial charge in [-0.3, -0.25) is 0 Å². The number of rotatable bonds is 3. The molecule has 0 fully saturated rings. The summed E-state index contributed by atoms with van der Waals surface area (Å²) in [5, 5.41) is 0. The number of nitrogens with two attached hydrogens (primary N) is 3. The van der Waals surface area contributed by atoms with E-state index < -0.39 is 0 Å². The number of anilines is 3. The standard InChI is InChI=1S/C19H18N3.ClH/c20-16-7-1-13(2-8-16)19(14-3-9-17(21)10-4-14)15-5-11-18(22)12-6-15;/h1-12H,20-22H2;1H/q+1;/p-1. The van der Waals surface area contributed by atoms with Gasteiger partial charge in [-0.25, -0.2) is 0 Å². The SMILES string of the molecule is Nc1ccc([C+](c2ccc(N)cc2)c2ccc(N)cc2)cc1.[Cl-]. The third-order valence-corrected chi connectivity index (χ3v) is 3.60. The molecule has 6 N–H and O–H groups in total. The van der Waals surface area contributed by atoms with Crippen LogP contribution in [0, 0.1) is 5.92 Å². The topological polar surface area (TPSA) is 78.1 Å². The fourth-order valence-electron chi connectivity index (χ4n) is 2.45. The van der Waals surface area contributed by atoms with Crippen molar-refractivity contribution in [1.82, 2.24) is 0 Å². The smallest absolute Gasteiger partial charge is 0.0632 e. The Morgan fingerprint density at radius 3 is 0.870 bits per heavy atom. The lowest BCUT2D eigenvalue weighted by molar-refractivity contribution is -0.00000441. The highest BCUT2D eigenvalue weighted by molar-refractivity contribution is 5.61. The van der Waals surface area contributed by atoms with Gasteiger partial charge in [-0.1, -0.05) is 0 Å². The number of halogens is 1. The highest BCUT2D eigenvalue weighted by Crippen LogP contribution is 2.32. The van der Waals surface area contributed by atoms with Gasteiger partial charge in [0.15, 0.2) is 0 Å². The molecule has 3 rings (SSSR count). The summed E-state index contributed by atoms with van der Waals surface area (Å²) in [5.41, 5.74) is 23.0. The van der Waals surface area contributed by atoms with Crippen LogP contribution in [0.5, 0.6) is 0 Å². The molecular weight excluding hydrogens is 306 g/mol. The minimum atomic E-state index is 0. The predicted octanol–water partition coefficient (Wildman–Crippen LogP) is 0.456. The van der Waals surface area contributed by atoms with E-state index in [0.29, 0.717) is 0 Å². The Balaban J connectivity index is 0.00000192. The molecule has 0 aliphatic heterocycles. The third-order valence-electron chi connectivity index (χ3n) is 3.60. The molecule has 3 aromatic rings. The summed E-state index contributed by atoms with van der Waals surface area (Å²) >= 11 is 0. The van der Waals surface area contributed by atoms with Crippen LogP contribution < -0.4 is 29.6 Å². The lowest BCUT2D eigenvalue weighted by Crippen LogP contribution is -3.00. The second-order valence-electron chi connectivity index (χ2n) is 5.24. The van der Waals surface area contributed by atoms with E-state index in [1.54, 1.807) is 0 Å². The average Bonchev–Trinajstić information content (AvgIpc) is 2.53. The van der Waals surface area contributed by atoms with Crippen LogP contribution in [0.25, 0.3) is 0 Å². The maximum atomic E-state index is 5.80. The first-order chi connectivity index (χ1) is 10.6. The van der Waals surface area contributed by atoms with Crippen molar-refractivity contribution in [3.8, 4) is 0 Å². The Hall–Kier alpha value is -2.78. The van der Waals surface area contributed by atoms with Gasteiger partial charge in [0.25, 0.3) is 0 Å². The summed E-state index contributed by atoms with van der Waals surface area (Å²) in [7, 11) is 0. The predicted molar refractivity (Wildman–Crippen MR) is 93.1 cm³/mol. The van der Waals surface area contributed by atoms with Crippen molar-refractivity contribution in [3.05, 3.63) is 95.4 Å². The first-order valence-corrected chi connectivity index (χ1v) is 7.08. The molecule has 0 saturated carbocycles. The van der Waals surface area contributed by atoms with Gasteiger partial charge in [0.1, 0.15) is 0 Å². The lowest BCUT2D eigenvalue weighted by atomic mass is 9.85. The highest BCUT2D eigenvalue weighted by atomic mass is 35.5. The Morgan fingerprint density at radius 1 is 0.435 bits per heavy atom. The second-order valence-corrected chi connectivity index (χ2v) is 5.24. The fraction of sp³-hybridized carbons (Fsp3) is 0. The third kappa shape index (κ3) is 3.71. The van der Waals surface area contributed by atoms with Crippen LogP contribution >= 0.6 is 0 Å². The normalized spacial score (nSPS) is 9.91. The van der Waals surface area contributed by atoms with Crippen LogP contribution in [-0.2, 0) is 0 Å². The molecule has 3 nitrogen and oxygen atoms in total. The Morgan fingerprint density at radius 2 is 0.652 bits per heavy atom. The maximum Gasteiger partial charge on any atom is 0.0632 e.